The van der Waals surface area contributed by atoms with E-state index in [2.05, 4.69) is 0 Å². The number of carboxylic acid groups (broad SMARTS) is 1. The van der Waals surface area contributed by atoms with Crippen molar-refractivity contribution >= 4 is 11.9 Å². The predicted molar refractivity (Wildman–Crippen MR) is 74.6 cm³/mol. The number of carboxylic acids is 1. The van der Waals surface area contributed by atoms with Crippen molar-refractivity contribution in [1.82, 2.24) is 5.32 Å². The van der Waals surface area contributed by atoms with E-state index in [1.165, 1.54) is 12.1 Å². The van der Waals surface area contributed by atoms with Gasteiger partial charge in [0.15, 0.2) is 0 Å². The fourth-order valence-corrected chi connectivity index (χ4v) is 2.05. The molecule has 0 saturated heterocycles. The van der Waals surface area contributed by atoms with Crippen molar-refractivity contribution in [3.63, 3.8) is 0 Å². The zero-order valence-electron chi connectivity index (χ0n) is 12.7. The fourth-order valence-electron chi connectivity index (χ4n) is 2.05. The topological polar surface area (TPSA) is 66.4 Å². The molecule has 25 heavy (non-hydrogen) atoms. The molecule has 4 nitrogen and oxygen atoms in total. The van der Waals surface area contributed by atoms with Crippen LogP contribution in [0.2, 0.25) is 0 Å². The minimum Gasteiger partial charge on any atom is -0.480 e. The number of aliphatic carboxylic acids is 1. The molecule has 1 amide bonds. The van der Waals surface area contributed by atoms with Gasteiger partial charge in [-0.25, -0.2) is 4.79 Å². The molecule has 1 unspecified atom stereocenters. The van der Waals surface area contributed by atoms with Gasteiger partial charge in [0.25, 0.3) is 0 Å². The number of aryl methyl sites for hydroxylation is 1. The average Bonchev–Trinajstić information content (AvgIpc) is 2.44. The molecular formula is C15H15F6NO3. The van der Waals surface area contributed by atoms with Crippen LogP contribution in [0.4, 0.5) is 26.3 Å². The Balaban J connectivity index is 2.53. The molecule has 0 spiro atoms. The lowest BCUT2D eigenvalue weighted by Crippen LogP contribution is -2.43. The lowest BCUT2D eigenvalue weighted by molar-refractivity contribution is -0.160. The van der Waals surface area contributed by atoms with E-state index in [1.807, 2.05) is 0 Å². The molecule has 0 bridgehead atoms. The number of halogens is 6. The molecule has 2 N–H and O–H groups in total. The van der Waals surface area contributed by atoms with Crippen LogP contribution >= 0.6 is 0 Å². The Bertz CT molecular complexity index is 612. The van der Waals surface area contributed by atoms with E-state index in [0.717, 1.165) is 12.1 Å². The van der Waals surface area contributed by atoms with E-state index >= 15 is 0 Å². The minimum absolute atomic E-state index is 0.0610. The van der Waals surface area contributed by atoms with Crippen LogP contribution in [-0.2, 0) is 22.2 Å². The molecule has 1 atom stereocenters. The summed E-state index contributed by atoms with van der Waals surface area (Å²) in [6.45, 7) is 0. The van der Waals surface area contributed by atoms with E-state index in [1.54, 1.807) is 5.32 Å². The van der Waals surface area contributed by atoms with E-state index in [0.29, 0.717) is 5.56 Å². The van der Waals surface area contributed by atoms with Crippen molar-refractivity contribution in [2.75, 3.05) is 0 Å². The molecule has 1 rings (SSSR count). The number of carbonyl (C=O) groups excluding carboxylic acids is 1. The van der Waals surface area contributed by atoms with Crippen LogP contribution in [0.15, 0.2) is 24.3 Å². The molecule has 140 valence electrons. The van der Waals surface area contributed by atoms with Gasteiger partial charge in [-0.1, -0.05) is 18.2 Å². The van der Waals surface area contributed by atoms with Gasteiger partial charge >= 0.3 is 18.3 Å². The molecule has 10 heteroatoms. The first-order chi connectivity index (χ1) is 11.4. The Kier molecular flexibility index (Phi) is 6.83. The number of rotatable bonds is 7. The second-order valence-corrected chi connectivity index (χ2v) is 5.33. The van der Waals surface area contributed by atoms with Crippen LogP contribution < -0.4 is 5.32 Å². The Labute approximate surface area is 138 Å². The van der Waals surface area contributed by atoms with Crippen LogP contribution in [0.5, 0.6) is 0 Å². The lowest BCUT2D eigenvalue weighted by atomic mass is 10.0. The summed E-state index contributed by atoms with van der Waals surface area (Å²) in [4.78, 5) is 22.3. The number of carbonyl (C=O) groups is 2. The van der Waals surface area contributed by atoms with Gasteiger partial charge in [-0.2, -0.15) is 26.3 Å². The monoisotopic (exact) mass is 371 g/mol. The van der Waals surface area contributed by atoms with Crippen molar-refractivity contribution < 1.29 is 41.0 Å². The summed E-state index contributed by atoms with van der Waals surface area (Å²) in [5.74, 6) is -2.73. The van der Waals surface area contributed by atoms with Gasteiger partial charge in [-0.15, -0.1) is 0 Å². The zero-order chi connectivity index (χ0) is 19.3. The third kappa shape index (κ3) is 7.90. The molecule has 0 fully saturated rings. The van der Waals surface area contributed by atoms with E-state index in [-0.39, 0.29) is 19.3 Å². The second kappa shape index (κ2) is 8.21. The molecule has 0 heterocycles. The Morgan fingerprint density at radius 2 is 1.76 bits per heavy atom. The molecule has 0 aliphatic heterocycles. The van der Waals surface area contributed by atoms with Crippen molar-refractivity contribution in [1.29, 1.82) is 0 Å². The minimum atomic E-state index is -4.76. The second-order valence-electron chi connectivity index (χ2n) is 5.33. The van der Waals surface area contributed by atoms with Crippen LogP contribution in [0.25, 0.3) is 0 Å². The van der Waals surface area contributed by atoms with E-state index < -0.39 is 42.3 Å². The van der Waals surface area contributed by atoms with Gasteiger partial charge in [0.1, 0.15) is 6.04 Å². The molecule has 1 aromatic rings. The van der Waals surface area contributed by atoms with E-state index in [9.17, 15) is 35.9 Å². The first-order valence-corrected chi connectivity index (χ1v) is 7.13. The maximum absolute atomic E-state index is 12.6. The third-order valence-electron chi connectivity index (χ3n) is 3.19. The average molecular weight is 371 g/mol. The molecule has 0 radical (unpaired) electrons. The summed E-state index contributed by atoms with van der Waals surface area (Å²) in [5.41, 5.74) is -0.529. The van der Waals surface area contributed by atoms with Crippen molar-refractivity contribution in [2.45, 2.75) is 44.1 Å². The Hall–Kier alpha value is -2.26. The van der Waals surface area contributed by atoms with E-state index in [4.69, 9.17) is 5.11 Å². The molecule has 0 saturated carbocycles. The van der Waals surface area contributed by atoms with Crippen LogP contribution in [-0.4, -0.2) is 29.2 Å². The number of amides is 1. The van der Waals surface area contributed by atoms with Gasteiger partial charge in [0, 0.05) is 6.42 Å². The van der Waals surface area contributed by atoms with Gasteiger partial charge in [0.2, 0.25) is 5.91 Å². The highest BCUT2D eigenvalue weighted by molar-refractivity contribution is 5.83. The summed E-state index contributed by atoms with van der Waals surface area (Å²) in [6.07, 6.45) is -11.1. The first-order valence-electron chi connectivity index (χ1n) is 7.13. The molecule has 0 aliphatic rings. The number of hydrogen-bond acceptors (Lipinski definition) is 2. The predicted octanol–water partition coefficient (Wildman–Crippen LogP) is 3.55. The maximum Gasteiger partial charge on any atom is 0.416 e. The lowest BCUT2D eigenvalue weighted by Gasteiger charge is -2.16. The fraction of sp³-hybridized carbons (Fsp3) is 0.467. The van der Waals surface area contributed by atoms with Gasteiger partial charge in [-0.05, 0) is 24.5 Å². The summed E-state index contributed by atoms with van der Waals surface area (Å²) in [7, 11) is 0. The van der Waals surface area contributed by atoms with Gasteiger partial charge < -0.3 is 10.4 Å². The summed E-state index contributed by atoms with van der Waals surface area (Å²) in [6, 6.07) is 2.35. The van der Waals surface area contributed by atoms with Crippen LogP contribution in [0, 0.1) is 0 Å². The molecule has 1 aromatic carbocycles. The van der Waals surface area contributed by atoms with Crippen molar-refractivity contribution in [3.8, 4) is 0 Å². The van der Waals surface area contributed by atoms with Crippen molar-refractivity contribution in [3.05, 3.63) is 35.4 Å². The normalized spacial score (nSPS) is 13.4. The summed E-state index contributed by atoms with van der Waals surface area (Å²) < 4.78 is 74.3. The van der Waals surface area contributed by atoms with Crippen molar-refractivity contribution in [2.24, 2.45) is 0 Å². The number of alkyl halides is 6. The van der Waals surface area contributed by atoms with Gasteiger partial charge in [-0.3, -0.25) is 4.79 Å². The summed E-state index contributed by atoms with van der Waals surface area (Å²) >= 11 is 0. The van der Waals surface area contributed by atoms with Crippen LogP contribution in [0.3, 0.4) is 0 Å². The molecule has 0 aliphatic carbocycles. The summed E-state index contributed by atoms with van der Waals surface area (Å²) in [5, 5.41) is 10.4. The standard InChI is InChI=1S/C15H15F6NO3/c16-14(17,18)8-11(13(24)25)22-12(23)6-2-4-9-3-1-5-10(7-9)15(19,20)21/h1,3,5,7,11H,2,4,6,8H2,(H,22,23)(H,24,25). The van der Waals surface area contributed by atoms with Crippen LogP contribution in [0.1, 0.15) is 30.4 Å². The molecular weight excluding hydrogens is 356 g/mol. The highest BCUT2D eigenvalue weighted by Crippen LogP contribution is 2.29. The number of nitrogens with one attached hydrogen (secondary N) is 1. The third-order valence-corrected chi connectivity index (χ3v) is 3.19. The zero-order valence-corrected chi connectivity index (χ0v) is 12.7. The maximum atomic E-state index is 12.6. The largest absolute Gasteiger partial charge is 0.480 e. The first kappa shape index (κ1) is 20.8. The Morgan fingerprint density at radius 1 is 1.12 bits per heavy atom. The highest BCUT2D eigenvalue weighted by Gasteiger charge is 2.36. The van der Waals surface area contributed by atoms with Gasteiger partial charge in [0.05, 0.1) is 12.0 Å². The smallest absolute Gasteiger partial charge is 0.416 e. The quantitative estimate of drug-likeness (QED) is 0.721. The SMILES string of the molecule is O=C(CCCc1cccc(C(F)(F)F)c1)NC(CC(F)(F)F)C(=O)O. The molecule has 0 aromatic heterocycles. The highest BCUT2D eigenvalue weighted by atomic mass is 19.4. The number of hydrogen-bond donors (Lipinski definition) is 2. The Morgan fingerprint density at radius 3 is 2.28 bits per heavy atom. The number of benzene rings is 1.